The Kier molecular flexibility index (Phi) is 4.51. The number of nitrogens with one attached hydrogen (secondary N) is 1. The van der Waals surface area contributed by atoms with Gasteiger partial charge in [0.25, 0.3) is 0 Å². The van der Waals surface area contributed by atoms with E-state index < -0.39 is 0 Å². The van der Waals surface area contributed by atoms with Crippen molar-refractivity contribution in [2.45, 2.75) is 31.9 Å². The highest BCUT2D eigenvalue weighted by Gasteiger charge is 2.18. The zero-order valence-corrected chi connectivity index (χ0v) is 12.9. The lowest BCUT2D eigenvalue weighted by Crippen LogP contribution is -2.34. The van der Waals surface area contributed by atoms with Crippen LogP contribution in [0.25, 0.3) is 0 Å². The summed E-state index contributed by atoms with van der Waals surface area (Å²) in [6, 6.07) is 17.2. The summed E-state index contributed by atoms with van der Waals surface area (Å²) in [5, 5.41) is 0. The van der Waals surface area contributed by atoms with Crippen LogP contribution in [0.4, 0.5) is 0 Å². The first kappa shape index (κ1) is 13.8. The number of halogens is 1. The molecule has 1 aliphatic carbocycles. The van der Waals surface area contributed by atoms with Gasteiger partial charge in [-0.25, -0.2) is 0 Å². The number of rotatable bonds is 4. The summed E-state index contributed by atoms with van der Waals surface area (Å²) in [7, 11) is 0. The number of fused-ring (bicyclic) bond motifs is 1. The summed E-state index contributed by atoms with van der Waals surface area (Å²) in [4.78, 5) is 5.64. The van der Waals surface area contributed by atoms with Gasteiger partial charge in [-0.3, -0.25) is 4.84 Å². The fourth-order valence-corrected chi connectivity index (χ4v) is 3.05. The molecule has 104 valence electrons. The van der Waals surface area contributed by atoms with Crippen LogP contribution < -0.4 is 5.48 Å². The maximum absolute atomic E-state index is 5.64. The van der Waals surface area contributed by atoms with E-state index in [-0.39, 0.29) is 0 Å². The van der Waals surface area contributed by atoms with Gasteiger partial charge < -0.3 is 0 Å². The molecule has 0 bridgehead atoms. The molecule has 0 fully saturated rings. The Bertz CT molecular complexity index is 570. The Labute approximate surface area is 128 Å². The largest absolute Gasteiger partial charge is 0.297 e. The van der Waals surface area contributed by atoms with E-state index in [2.05, 4.69) is 51.7 Å². The average molecular weight is 332 g/mol. The molecule has 2 aromatic rings. The van der Waals surface area contributed by atoms with E-state index in [4.69, 9.17) is 4.84 Å². The summed E-state index contributed by atoms with van der Waals surface area (Å²) in [5.74, 6) is 0. The van der Waals surface area contributed by atoms with Crippen LogP contribution in [0.3, 0.4) is 0 Å². The average Bonchev–Trinajstić information content (AvgIpc) is 2.48. The van der Waals surface area contributed by atoms with Crippen molar-refractivity contribution in [3.05, 3.63) is 69.7 Å². The molecular formula is C17H18BrNO. The Hall–Kier alpha value is -1.16. The Morgan fingerprint density at radius 2 is 1.95 bits per heavy atom. The van der Waals surface area contributed by atoms with Crippen molar-refractivity contribution in [2.24, 2.45) is 0 Å². The van der Waals surface area contributed by atoms with Gasteiger partial charge in [0.2, 0.25) is 0 Å². The molecule has 0 radical (unpaired) electrons. The smallest absolute Gasteiger partial charge is 0.0933 e. The fraction of sp³-hybridized carbons (Fsp3) is 0.294. The Morgan fingerprint density at radius 1 is 1.10 bits per heavy atom. The van der Waals surface area contributed by atoms with Gasteiger partial charge in [-0.1, -0.05) is 52.3 Å². The molecule has 3 heteroatoms. The summed E-state index contributed by atoms with van der Waals surface area (Å²) < 4.78 is 1.17. The van der Waals surface area contributed by atoms with Crippen LogP contribution in [0.5, 0.6) is 0 Å². The SMILES string of the molecule is Brc1ccc2c(c1)CCC(NOCc1ccccc1)C2. The predicted octanol–water partition coefficient (Wildman–Crippen LogP) is 4.03. The van der Waals surface area contributed by atoms with E-state index in [9.17, 15) is 0 Å². The van der Waals surface area contributed by atoms with Gasteiger partial charge in [0.1, 0.15) is 0 Å². The zero-order chi connectivity index (χ0) is 13.8. The highest BCUT2D eigenvalue weighted by molar-refractivity contribution is 9.10. The van der Waals surface area contributed by atoms with E-state index in [1.165, 1.54) is 21.2 Å². The van der Waals surface area contributed by atoms with Crippen LogP contribution in [0.1, 0.15) is 23.1 Å². The van der Waals surface area contributed by atoms with Gasteiger partial charge in [0.15, 0.2) is 0 Å². The van der Waals surface area contributed by atoms with Crippen molar-refractivity contribution in [2.75, 3.05) is 0 Å². The van der Waals surface area contributed by atoms with E-state index in [0.29, 0.717) is 12.6 Å². The van der Waals surface area contributed by atoms with Crippen LogP contribution >= 0.6 is 15.9 Å². The second-order valence-electron chi connectivity index (χ2n) is 5.24. The molecule has 20 heavy (non-hydrogen) atoms. The second-order valence-corrected chi connectivity index (χ2v) is 6.16. The molecule has 3 rings (SSSR count). The maximum Gasteiger partial charge on any atom is 0.0933 e. The minimum Gasteiger partial charge on any atom is -0.297 e. The first-order valence-electron chi connectivity index (χ1n) is 7.00. The number of aryl methyl sites for hydroxylation is 1. The Balaban J connectivity index is 1.52. The summed E-state index contributed by atoms with van der Waals surface area (Å²) in [6.45, 7) is 0.616. The van der Waals surface area contributed by atoms with Crippen LogP contribution in [-0.4, -0.2) is 6.04 Å². The lowest BCUT2D eigenvalue weighted by Gasteiger charge is -2.25. The summed E-state index contributed by atoms with van der Waals surface area (Å²) in [5.41, 5.74) is 7.30. The van der Waals surface area contributed by atoms with Crippen molar-refractivity contribution >= 4 is 15.9 Å². The minimum absolute atomic E-state index is 0.410. The molecule has 0 amide bonds. The van der Waals surface area contributed by atoms with Crippen molar-refractivity contribution in [1.82, 2.24) is 5.48 Å². The van der Waals surface area contributed by atoms with Crippen LogP contribution in [0, 0.1) is 0 Å². The second kappa shape index (κ2) is 6.53. The molecule has 0 aliphatic heterocycles. The molecule has 0 heterocycles. The zero-order valence-electron chi connectivity index (χ0n) is 11.3. The molecule has 1 unspecified atom stereocenters. The third-order valence-corrected chi connectivity index (χ3v) is 4.22. The molecule has 1 atom stereocenters. The minimum atomic E-state index is 0.410. The standard InChI is InChI=1S/C17H18BrNO/c18-16-8-6-15-11-17(9-7-14(15)10-16)19-20-12-13-4-2-1-3-5-13/h1-6,8,10,17,19H,7,9,11-12H2. The van der Waals surface area contributed by atoms with E-state index in [1.807, 2.05) is 18.2 Å². The fourth-order valence-electron chi connectivity index (χ4n) is 2.64. The summed E-state index contributed by atoms with van der Waals surface area (Å²) in [6.07, 6.45) is 3.27. The molecule has 1 aliphatic rings. The van der Waals surface area contributed by atoms with Gasteiger partial charge in [0.05, 0.1) is 6.61 Å². The molecule has 0 aromatic heterocycles. The molecule has 1 N–H and O–H groups in total. The number of hydrogen-bond acceptors (Lipinski definition) is 2. The molecule has 0 spiro atoms. The first-order chi connectivity index (χ1) is 9.81. The predicted molar refractivity (Wildman–Crippen MR) is 84.3 cm³/mol. The van der Waals surface area contributed by atoms with Crippen molar-refractivity contribution in [3.8, 4) is 0 Å². The molecule has 0 saturated heterocycles. The number of benzene rings is 2. The van der Waals surface area contributed by atoms with Gasteiger partial charge in [-0.15, -0.1) is 0 Å². The van der Waals surface area contributed by atoms with Crippen molar-refractivity contribution in [3.63, 3.8) is 0 Å². The molecule has 0 saturated carbocycles. The normalized spacial score (nSPS) is 17.8. The first-order valence-corrected chi connectivity index (χ1v) is 7.79. The lowest BCUT2D eigenvalue weighted by molar-refractivity contribution is 0.000605. The topological polar surface area (TPSA) is 21.3 Å². The highest BCUT2D eigenvalue weighted by atomic mass is 79.9. The van der Waals surface area contributed by atoms with Crippen molar-refractivity contribution < 1.29 is 4.84 Å². The number of hydroxylamine groups is 1. The van der Waals surface area contributed by atoms with Gasteiger partial charge >= 0.3 is 0 Å². The van der Waals surface area contributed by atoms with Gasteiger partial charge in [-0.05, 0) is 48.1 Å². The van der Waals surface area contributed by atoms with E-state index in [1.54, 1.807) is 0 Å². The highest BCUT2D eigenvalue weighted by Crippen LogP contribution is 2.24. The van der Waals surface area contributed by atoms with E-state index >= 15 is 0 Å². The third kappa shape index (κ3) is 3.48. The quantitative estimate of drug-likeness (QED) is 0.854. The lowest BCUT2D eigenvalue weighted by atomic mass is 9.89. The number of hydrogen-bond donors (Lipinski definition) is 1. The molecular weight excluding hydrogens is 314 g/mol. The van der Waals surface area contributed by atoms with Crippen LogP contribution in [0.2, 0.25) is 0 Å². The van der Waals surface area contributed by atoms with Crippen molar-refractivity contribution in [1.29, 1.82) is 0 Å². The Morgan fingerprint density at radius 3 is 2.80 bits per heavy atom. The molecule has 2 nitrogen and oxygen atoms in total. The van der Waals surface area contributed by atoms with Gasteiger partial charge in [0, 0.05) is 10.5 Å². The molecule has 2 aromatic carbocycles. The van der Waals surface area contributed by atoms with Gasteiger partial charge in [-0.2, -0.15) is 5.48 Å². The third-order valence-electron chi connectivity index (χ3n) is 3.73. The summed E-state index contributed by atoms with van der Waals surface area (Å²) >= 11 is 3.53. The monoisotopic (exact) mass is 331 g/mol. The van der Waals surface area contributed by atoms with Crippen LogP contribution in [-0.2, 0) is 24.3 Å². The maximum atomic E-state index is 5.64. The van der Waals surface area contributed by atoms with Crippen LogP contribution in [0.15, 0.2) is 53.0 Å². The van der Waals surface area contributed by atoms with E-state index in [0.717, 1.165) is 19.3 Å².